The Morgan fingerprint density at radius 2 is 1.82 bits per heavy atom. The summed E-state index contributed by atoms with van der Waals surface area (Å²) >= 11 is 0. The van der Waals surface area contributed by atoms with E-state index in [1.165, 1.54) is 5.56 Å². The quantitative estimate of drug-likeness (QED) is 0.573. The number of Topliss-reactive ketones (excluding diaryl/α,β-unsaturated/α-hetero) is 1. The average molecular weight is 380 g/mol. The van der Waals surface area contributed by atoms with Gasteiger partial charge in [0.25, 0.3) is 11.7 Å². The first-order valence-electron chi connectivity index (χ1n) is 10.3. The topological polar surface area (TPSA) is 45.6 Å². The van der Waals surface area contributed by atoms with Gasteiger partial charge in [0.15, 0.2) is 0 Å². The highest BCUT2D eigenvalue weighted by molar-refractivity contribution is 6.42. The molecule has 0 unspecified atom stereocenters. The van der Waals surface area contributed by atoms with Crippen LogP contribution < -0.4 is 0 Å². The molecular formula is C23H29N3O2. The van der Waals surface area contributed by atoms with Crippen molar-refractivity contribution >= 4 is 11.7 Å². The van der Waals surface area contributed by atoms with Gasteiger partial charge in [0.2, 0.25) is 0 Å². The van der Waals surface area contributed by atoms with Gasteiger partial charge in [0.05, 0.1) is 5.69 Å². The van der Waals surface area contributed by atoms with Crippen LogP contribution in [-0.2, 0) is 18.3 Å². The van der Waals surface area contributed by atoms with Crippen molar-refractivity contribution in [3.8, 4) is 0 Å². The lowest BCUT2D eigenvalue weighted by molar-refractivity contribution is -0.130. The predicted octanol–water partition coefficient (Wildman–Crippen LogP) is 2.76. The first-order valence-corrected chi connectivity index (χ1v) is 10.3. The number of piperidine rings is 1. The molecule has 5 nitrogen and oxygen atoms in total. The molecule has 28 heavy (non-hydrogen) atoms. The monoisotopic (exact) mass is 379 g/mol. The minimum atomic E-state index is -0.379. The lowest BCUT2D eigenvalue weighted by Crippen LogP contribution is -2.50. The van der Waals surface area contributed by atoms with Crippen LogP contribution in [0.2, 0.25) is 0 Å². The number of hydrogen-bond acceptors (Lipinski definition) is 3. The van der Waals surface area contributed by atoms with E-state index in [0.29, 0.717) is 11.6 Å². The van der Waals surface area contributed by atoms with Gasteiger partial charge in [0, 0.05) is 38.9 Å². The fourth-order valence-electron chi connectivity index (χ4n) is 4.70. The Morgan fingerprint density at radius 1 is 1.00 bits per heavy atom. The Labute approximate surface area is 166 Å². The fourth-order valence-corrected chi connectivity index (χ4v) is 4.70. The van der Waals surface area contributed by atoms with E-state index in [1.807, 2.05) is 24.2 Å². The molecule has 4 heterocycles. The Hall–Kier alpha value is -2.40. The third-order valence-corrected chi connectivity index (χ3v) is 6.20. The van der Waals surface area contributed by atoms with Crippen LogP contribution in [0.25, 0.3) is 0 Å². The van der Waals surface area contributed by atoms with E-state index in [4.69, 9.17) is 0 Å². The molecule has 1 amide bonds. The summed E-state index contributed by atoms with van der Waals surface area (Å²) in [6.07, 6.45) is 6.18. The Kier molecular flexibility index (Phi) is 5.62. The average Bonchev–Trinajstić information content (AvgIpc) is 2.94. The van der Waals surface area contributed by atoms with Crippen molar-refractivity contribution in [2.75, 3.05) is 26.2 Å². The van der Waals surface area contributed by atoms with Crippen molar-refractivity contribution in [2.24, 2.45) is 13.0 Å². The minimum Gasteiger partial charge on any atom is -0.348 e. The number of benzene rings is 1. The Balaban J connectivity index is 1.37. The van der Waals surface area contributed by atoms with Gasteiger partial charge >= 0.3 is 0 Å². The summed E-state index contributed by atoms with van der Waals surface area (Å²) < 4.78 is 1.73. The summed E-state index contributed by atoms with van der Waals surface area (Å²) in [4.78, 5) is 30.0. The molecule has 0 saturated carbocycles. The molecule has 2 atom stereocenters. The Bertz CT molecular complexity index is 829. The molecule has 2 bridgehead atoms. The molecule has 0 aliphatic carbocycles. The summed E-state index contributed by atoms with van der Waals surface area (Å²) in [7, 11) is 1.81. The van der Waals surface area contributed by atoms with E-state index in [9.17, 15) is 9.59 Å². The van der Waals surface area contributed by atoms with Gasteiger partial charge in [0.1, 0.15) is 0 Å². The number of amides is 1. The van der Waals surface area contributed by atoms with E-state index in [2.05, 4.69) is 35.2 Å². The van der Waals surface area contributed by atoms with Crippen LogP contribution >= 0.6 is 0 Å². The number of carbonyl (C=O) groups is 2. The number of aromatic nitrogens is 1. The van der Waals surface area contributed by atoms with Gasteiger partial charge in [-0.15, -0.1) is 0 Å². The van der Waals surface area contributed by atoms with Gasteiger partial charge in [-0.25, -0.2) is 0 Å². The molecule has 0 N–H and O–H groups in total. The van der Waals surface area contributed by atoms with Gasteiger partial charge in [-0.1, -0.05) is 30.3 Å². The maximum Gasteiger partial charge on any atom is 0.296 e. The molecule has 1 aromatic carbocycles. The molecule has 2 aromatic rings. The number of hydrogen-bond donors (Lipinski definition) is 0. The molecule has 1 aromatic heterocycles. The summed E-state index contributed by atoms with van der Waals surface area (Å²) in [5, 5.41) is 0. The highest BCUT2D eigenvalue weighted by Gasteiger charge is 2.39. The van der Waals surface area contributed by atoms with Crippen LogP contribution in [0.1, 0.15) is 35.3 Å². The predicted molar refractivity (Wildman–Crippen MR) is 109 cm³/mol. The molecule has 3 aliphatic heterocycles. The zero-order valence-corrected chi connectivity index (χ0v) is 16.6. The first kappa shape index (κ1) is 18.9. The van der Waals surface area contributed by atoms with Crippen LogP contribution in [0.3, 0.4) is 0 Å². The molecule has 148 valence electrons. The largest absolute Gasteiger partial charge is 0.348 e. The van der Waals surface area contributed by atoms with E-state index >= 15 is 0 Å². The van der Waals surface area contributed by atoms with Crippen molar-refractivity contribution in [3.63, 3.8) is 0 Å². The second-order valence-electron chi connectivity index (χ2n) is 8.24. The molecule has 5 rings (SSSR count). The summed E-state index contributed by atoms with van der Waals surface area (Å²) in [6.45, 7) is 3.69. The van der Waals surface area contributed by atoms with Gasteiger partial charge in [-0.2, -0.15) is 0 Å². The highest BCUT2D eigenvalue weighted by atomic mass is 16.2. The molecule has 3 fully saturated rings. The zero-order valence-electron chi connectivity index (χ0n) is 16.6. The number of ketones is 1. The fraction of sp³-hybridized carbons (Fsp3) is 0.478. The zero-order chi connectivity index (χ0) is 19.5. The highest BCUT2D eigenvalue weighted by Crippen LogP contribution is 2.28. The van der Waals surface area contributed by atoms with Crippen LogP contribution in [0.4, 0.5) is 0 Å². The van der Waals surface area contributed by atoms with Crippen LogP contribution in [0.5, 0.6) is 0 Å². The van der Waals surface area contributed by atoms with Crippen LogP contribution in [0.15, 0.2) is 48.7 Å². The van der Waals surface area contributed by atoms with Gasteiger partial charge in [-0.05, 0) is 55.8 Å². The van der Waals surface area contributed by atoms with Crippen molar-refractivity contribution in [3.05, 3.63) is 59.9 Å². The SMILES string of the molecule is Cn1cccc1C(=O)C(=O)N1C[C@H]2CC[C@@H]1CN(CCCc1ccccc1)C2. The summed E-state index contributed by atoms with van der Waals surface area (Å²) in [5.41, 5.74) is 1.86. The maximum atomic E-state index is 12.9. The Morgan fingerprint density at radius 3 is 2.57 bits per heavy atom. The third-order valence-electron chi connectivity index (χ3n) is 6.20. The van der Waals surface area contributed by atoms with Gasteiger partial charge < -0.3 is 14.4 Å². The molecule has 3 saturated heterocycles. The standard InChI is InChI=1S/C23H29N3O2/c1-24-13-6-10-21(24)22(27)23(28)26-16-19-11-12-20(26)17-25(15-19)14-5-9-18-7-3-2-4-8-18/h2-4,6-8,10,13,19-20H,5,9,11-12,14-17H2,1H3/t19-,20+/m0/s1. The summed E-state index contributed by atoms with van der Waals surface area (Å²) in [6, 6.07) is 14.3. The molecular weight excluding hydrogens is 350 g/mol. The van der Waals surface area contributed by atoms with E-state index in [1.54, 1.807) is 10.6 Å². The molecule has 5 heteroatoms. The number of rotatable bonds is 6. The lowest BCUT2D eigenvalue weighted by atomic mass is 9.94. The van der Waals surface area contributed by atoms with Crippen molar-refractivity contribution in [1.82, 2.24) is 14.4 Å². The number of aryl methyl sites for hydroxylation is 2. The smallest absolute Gasteiger partial charge is 0.296 e. The van der Waals surface area contributed by atoms with Crippen LogP contribution in [0, 0.1) is 5.92 Å². The normalized spacial score (nSPS) is 22.2. The van der Waals surface area contributed by atoms with E-state index < -0.39 is 0 Å². The van der Waals surface area contributed by atoms with Crippen molar-refractivity contribution < 1.29 is 9.59 Å². The second kappa shape index (κ2) is 8.31. The molecule has 3 aliphatic rings. The third kappa shape index (κ3) is 4.04. The number of nitrogens with zero attached hydrogens (tertiary/aromatic N) is 3. The molecule has 0 radical (unpaired) electrons. The first-order chi connectivity index (χ1) is 13.6. The summed E-state index contributed by atoms with van der Waals surface area (Å²) in [5.74, 6) is -0.237. The van der Waals surface area contributed by atoms with Crippen molar-refractivity contribution in [1.29, 1.82) is 0 Å². The lowest BCUT2D eigenvalue weighted by Gasteiger charge is -2.35. The number of carbonyl (C=O) groups excluding carboxylic acids is 2. The molecule has 0 spiro atoms. The van der Waals surface area contributed by atoms with E-state index in [0.717, 1.165) is 51.9 Å². The second-order valence-corrected chi connectivity index (χ2v) is 8.24. The maximum absolute atomic E-state index is 12.9. The number of fused-ring (bicyclic) bond motifs is 4. The van der Waals surface area contributed by atoms with Crippen LogP contribution in [-0.4, -0.2) is 58.3 Å². The van der Waals surface area contributed by atoms with Crippen molar-refractivity contribution in [2.45, 2.75) is 31.7 Å². The van der Waals surface area contributed by atoms with E-state index in [-0.39, 0.29) is 17.7 Å². The minimum absolute atomic E-state index is 0.159. The van der Waals surface area contributed by atoms with Gasteiger partial charge in [-0.3, -0.25) is 9.59 Å².